The minimum absolute atomic E-state index is 0.699. The molecule has 75 valence electrons. The summed E-state index contributed by atoms with van der Waals surface area (Å²) in [5.41, 5.74) is 2.49. The molecule has 0 saturated heterocycles. The topological polar surface area (TPSA) is 0 Å². The Morgan fingerprint density at radius 1 is 1.36 bits per heavy atom. The molecule has 0 nitrogen and oxygen atoms in total. The van der Waals surface area contributed by atoms with Gasteiger partial charge < -0.3 is 0 Å². The van der Waals surface area contributed by atoms with Crippen LogP contribution in [0, 0.1) is 12.0 Å². The van der Waals surface area contributed by atoms with Crippen molar-refractivity contribution < 1.29 is 0 Å². The van der Waals surface area contributed by atoms with E-state index in [4.69, 9.17) is 0 Å². The molecule has 1 aromatic rings. The number of benzene rings is 1. The lowest BCUT2D eigenvalue weighted by atomic mass is 10.0. The van der Waals surface area contributed by atoms with Crippen molar-refractivity contribution in [2.45, 2.75) is 25.2 Å². The first-order chi connectivity index (χ1) is 6.65. The van der Waals surface area contributed by atoms with Crippen LogP contribution in [0.25, 0.3) is 0 Å². The van der Waals surface area contributed by atoms with Crippen LogP contribution in [-0.2, 0) is 6.42 Å². The Morgan fingerprint density at radius 2 is 2.07 bits per heavy atom. The average Bonchev–Trinajstić information content (AvgIpc) is 2.16. The molecule has 0 atom stereocenters. The normalized spacial score (nSPS) is 10.6. The maximum absolute atomic E-state index is 3.69. The zero-order valence-electron chi connectivity index (χ0n) is 9.13. The van der Waals surface area contributed by atoms with Crippen molar-refractivity contribution in [3.63, 3.8) is 0 Å². The third kappa shape index (κ3) is 3.22. The Hall–Kier alpha value is -0.690. The second-order valence-electron chi connectivity index (χ2n) is 3.84. The summed E-state index contributed by atoms with van der Waals surface area (Å²) in [5, 5.41) is 0. The Kier molecular flexibility index (Phi) is 4.27. The Morgan fingerprint density at radius 3 is 2.57 bits per heavy atom. The van der Waals surface area contributed by atoms with Crippen molar-refractivity contribution in [1.29, 1.82) is 0 Å². The quantitative estimate of drug-likeness (QED) is 0.671. The first-order valence-electron chi connectivity index (χ1n) is 4.86. The van der Waals surface area contributed by atoms with Gasteiger partial charge in [-0.25, -0.2) is 0 Å². The molecule has 0 amide bonds. The number of thioether (sulfide) groups is 1. The molecule has 0 aliphatic heterocycles. The second-order valence-corrected chi connectivity index (χ2v) is 4.72. The lowest BCUT2D eigenvalue weighted by Gasteiger charge is -2.08. The molecule has 0 aromatic heterocycles. The molecule has 0 heterocycles. The van der Waals surface area contributed by atoms with Crippen molar-refractivity contribution in [2.75, 3.05) is 6.26 Å². The molecule has 1 rings (SSSR count). The molecule has 1 radical (unpaired) electrons. The van der Waals surface area contributed by atoms with E-state index in [0.29, 0.717) is 5.92 Å². The monoisotopic (exact) mass is 205 g/mol. The molecule has 1 aromatic carbocycles. The molecular weight excluding hydrogens is 188 g/mol. The van der Waals surface area contributed by atoms with Gasteiger partial charge in [0, 0.05) is 4.90 Å². The highest BCUT2D eigenvalue weighted by molar-refractivity contribution is 7.98. The average molecular weight is 205 g/mol. The summed E-state index contributed by atoms with van der Waals surface area (Å²) in [6.07, 6.45) is 6.18. The van der Waals surface area contributed by atoms with E-state index >= 15 is 0 Å². The summed E-state index contributed by atoms with van der Waals surface area (Å²) in [6.45, 7) is 8.17. The van der Waals surface area contributed by atoms with Crippen LogP contribution in [0.2, 0.25) is 0 Å². The fourth-order valence-corrected chi connectivity index (χ4v) is 1.98. The highest BCUT2D eigenvalue weighted by atomic mass is 32.2. The van der Waals surface area contributed by atoms with Gasteiger partial charge in [0.25, 0.3) is 0 Å². The third-order valence-corrected chi connectivity index (χ3v) is 2.76. The van der Waals surface area contributed by atoms with Gasteiger partial charge in [0.15, 0.2) is 0 Å². The van der Waals surface area contributed by atoms with Crippen molar-refractivity contribution in [2.24, 2.45) is 5.92 Å². The fourth-order valence-electron chi connectivity index (χ4n) is 1.47. The predicted molar refractivity (Wildman–Crippen MR) is 64.7 cm³/mol. The fraction of sp³-hybridized carbons (Fsp3) is 0.385. The number of hydrogen-bond donors (Lipinski definition) is 0. The van der Waals surface area contributed by atoms with Gasteiger partial charge in [0.2, 0.25) is 0 Å². The molecule has 0 aliphatic rings. The summed E-state index contributed by atoms with van der Waals surface area (Å²) >= 11 is 1.77. The summed E-state index contributed by atoms with van der Waals surface area (Å²) < 4.78 is 0. The van der Waals surface area contributed by atoms with Gasteiger partial charge in [-0.05, 0) is 47.9 Å². The van der Waals surface area contributed by atoms with E-state index in [-0.39, 0.29) is 0 Å². The van der Waals surface area contributed by atoms with E-state index in [1.165, 1.54) is 10.5 Å². The van der Waals surface area contributed by atoms with Crippen LogP contribution < -0.4 is 0 Å². The summed E-state index contributed by atoms with van der Waals surface area (Å²) in [6, 6.07) is 6.56. The van der Waals surface area contributed by atoms with Gasteiger partial charge in [0.05, 0.1) is 0 Å². The second kappa shape index (κ2) is 5.26. The third-order valence-electron chi connectivity index (χ3n) is 2.05. The van der Waals surface area contributed by atoms with E-state index in [0.717, 1.165) is 12.0 Å². The summed E-state index contributed by atoms with van der Waals surface area (Å²) in [4.78, 5) is 1.30. The van der Waals surface area contributed by atoms with Crippen LogP contribution in [0.15, 0.2) is 29.7 Å². The molecule has 0 saturated carbocycles. The maximum atomic E-state index is 3.69. The molecule has 0 bridgehead atoms. The van der Waals surface area contributed by atoms with Crippen LogP contribution in [0.1, 0.15) is 25.0 Å². The van der Waals surface area contributed by atoms with Crippen LogP contribution in [0.3, 0.4) is 0 Å². The highest BCUT2D eigenvalue weighted by Gasteiger charge is 2.01. The first kappa shape index (κ1) is 11.4. The molecule has 0 fully saturated rings. The zero-order chi connectivity index (χ0) is 10.6. The standard InChI is InChI=1S/C13H17S/c1-5-11-7-12(6-10(2)3)9-13(8-11)14-4/h7-10H,1,6H2,2-4H3. The maximum Gasteiger partial charge on any atom is 0.00780 e. The molecule has 0 aliphatic carbocycles. The molecule has 0 unspecified atom stereocenters. The van der Waals surface area contributed by atoms with Crippen molar-refractivity contribution >= 4 is 11.8 Å². The van der Waals surface area contributed by atoms with Gasteiger partial charge >= 0.3 is 0 Å². The van der Waals surface area contributed by atoms with Crippen LogP contribution in [0.5, 0.6) is 0 Å². The van der Waals surface area contributed by atoms with Crippen LogP contribution >= 0.6 is 11.8 Å². The number of rotatable bonds is 4. The van der Waals surface area contributed by atoms with Gasteiger partial charge in [0.1, 0.15) is 0 Å². The van der Waals surface area contributed by atoms with Gasteiger partial charge in [-0.3, -0.25) is 0 Å². The molecule has 14 heavy (non-hydrogen) atoms. The SMILES string of the molecule is C=[C]c1cc(CC(C)C)cc(SC)c1. The van der Waals surface area contributed by atoms with E-state index in [1.54, 1.807) is 11.8 Å². The lowest BCUT2D eigenvalue weighted by Crippen LogP contribution is -1.95. The van der Waals surface area contributed by atoms with Crippen LogP contribution in [0.4, 0.5) is 0 Å². The van der Waals surface area contributed by atoms with Crippen molar-refractivity contribution in [3.05, 3.63) is 42.0 Å². The van der Waals surface area contributed by atoms with Crippen molar-refractivity contribution in [3.8, 4) is 0 Å². The van der Waals surface area contributed by atoms with Gasteiger partial charge in [-0.2, -0.15) is 0 Å². The summed E-state index contributed by atoms with van der Waals surface area (Å²) in [7, 11) is 0. The lowest BCUT2D eigenvalue weighted by molar-refractivity contribution is 0.646. The van der Waals surface area contributed by atoms with Crippen molar-refractivity contribution in [1.82, 2.24) is 0 Å². The number of hydrogen-bond acceptors (Lipinski definition) is 1. The minimum Gasteiger partial charge on any atom is -0.130 e. The molecular formula is C13H17S. The predicted octanol–water partition coefficient (Wildman–Crippen LogP) is 3.94. The molecule has 1 heteroatoms. The van der Waals surface area contributed by atoms with E-state index in [2.05, 4.69) is 51.0 Å². The summed E-state index contributed by atoms with van der Waals surface area (Å²) in [5.74, 6) is 0.699. The first-order valence-corrected chi connectivity index (χ1v) is 6.09. The largest absolute Gasteiger partial charge is 0.130 e. The molecule has 0 spiro atoms. The van der Waals surface area contributed by atoms with E-state index in [1.807, 2.05) is 0 Å². The van der Waals surface area contributed by atoms with E-state index < -0.39 is 0 Å². The highest BCUT2D eigenvalue weighted by Crippen LogP contribution is 2.20. The van der Waals surface area contributed by atoms with E-state index in [9.17, 15) is 0 Å². The minimum atomic E-state index is 0.699. The smallest absolute Gasteiger partial charge is 0.00780 e. The Balaban J connectivity index is 2.98. The van der Waals surface area contributed by atoms with Gasteiger partial charge in [-0.15, -0.1) is 11.8 Å². The van der Waals surface area contributed by atoms with Crippen LogP contribution in [-0.4, -0.2) is 6.26 Å². The zero-order valence-corrected chi connectivity index (χ0v) is 9.95. The van der Waals surface area contributed by atoms with Gasteiger partial charge in [-0.1, -0.05) is 26.5 Å². The Labute approximate surface area is 91.4 Å². The molecule has 0 N–H and O–H groups in total. The Bertz CT molecular complexity index is 313.